The summed E-state index contributed by atoms with van der Waals surface area (Å²) < 4.78 is 1.89. The minimum Gasteiger partial charge on any atom is -0.480 e. The first-order chi connectivity index (χ1) is 8.04. The van der Waals surface area contributed by atoms with Gasteiger partial charge in [0.2, 0.25) is 0 Å². The summed E-state index contributed by atoms with van der Waals surface area (Å²) in [4.78, 5) is 10.9. The van der Waals surface area contributed by atoms with Gasteiger partial charge in [0.15, 0.2) is 0 Å². The van der Waals surface area contributed by atoms with Crippen LogP contribution in [0, 0.1) is 0 Å². The van der Waals surface area contributed by atoms with Crippen molar-refractivity contribution in [2.45, 2.75) is 19.5 Å². The van der Waals surface area contributed by atoms with Crippen molar-refractivity contribution < 1.29 is 9.90 Å². The number of nitrogens with zero attached hydrogens (tertiary/aromatic N) is 1. The van der Waals surface area contributed by atoms with Gasteiger partial charge in [0, 0.05) is 28.2 Å². The molecule has 0 radical (unpaired) electrons. The van der Waals surface area contributed by atoms with Gasteiger partial charge >= 0.3 is 5.97 Å². The molecule has 0 aliphatic heterocycles. The van der Waals surface area contributed by atoms with Crippen LogP contribution in [-0.2, 0) is 11.3 Å². The minimum atomic E-state index is -1.03. The highest BCUT2D eigenvalue weighted by atomic mass is 35.5. The molecule has 0 aliphatic carbocycles. The monoisotopic (exact) mass is 252 g/mol. The summed E-state index contributed by atoms with van der Waals surface area (Å²) in [6.07, 6.45) is 0. The number of hydrogen-bond donors (Lipinski definition) is 2. The molecule has 0 spiro atoms. The summed E-state index contributed by atoms with van der Waals surface area (Å²) in [6.45, 7) is 2.62. The maximum absolute atomic E-state index is 10.9. The number of carbonyl (C=O) groups is 1. The summed E-state index contributed by atoms with van der Waals surface area (Å²) in [5.41, 5.74) is 7.21. The van der Waals surface area contributed by atoms with E-state index in [2.05, 4.69) is 0 Å². The molecule has 0 saturated heterocycles. The zero-order valence-electron chi connectivity index (χ0n) is 9.35. The van der Waals surface area contributed by atoms with Gasteiger partial charge in [-0.25, -0.2) is 0 Å². The van der Waals surface area contributed by atoms with Crippen molar-refractivity contribution in [2.24, 2.45) is 5.73 Å². The fourth-order valence-corrected chi connectivity index (χ4v) is 2.18. The van der Waals surface area contributed by atoms with Crippen molar-refractivity contribution in [3.63, 3.8) is 0 Å². The lowest BCUT2D eigenvalue weighted by molar-refractivity contribution is -0.138. The second-order valence-corrected chi connectivity index (χ2v) is 4.27. The summed E-state index contributed by atoms with van der Waals surface area (Å²) in [5.74, 6) is -1.03. The van der Waals surface area contributed by atoms with Crippen LogP contribution in [-0.4, -0.2) is 15.6 Å². The number of hydrogen-bond acceptors (Lipinski definition) is 2. The summed E-state index contributed by atoms with van der Waals surface area (Å²) in [5, 5.41) is 10.5. The number of halogens is 1. The fraction of sp³-hybridized carbons (Fsp3) is 0.250. The van der Waals surface area contributed by atoms with Gasteiger partial charge in [-0.15, -0.1) is 0 Å². The molecular weight excluding hydrogens is 240 g/mol. The molecule has 0 bridgehead atoms. The summed E-state index contributed by atoms with van der Waals surface area (Å²) >= 11 is 5.91. The van der Waals surface area contributed by atoms with Crippen LogP contribution in [0.25, 0.3) is 10.9 Å². The Bertz CT molecular complexity index is 577. The van der Waals surface area contributed by atoms with Crippen molar-refractivity contribution in [3.05, 3.63) is 35.0 Å². The largest absolute Gasteiger partial charge is 0.480 e. The second-order valence-electron chi connectivity index (χ2n) is 3.83. The van der Waals surface area contributed by atoms with E-state index in [0.717, 1.165) is 10.9 Å². The predicted octanol–water partition coefficient (Wildman–Crippen LogP) is 2.40. The Morgan fingerprint density at radius 3 is 2.82 bits per heavy atom. The molecule has 0 amide bonds. The second kappa shape index (κ2) is 4.39. The number of aromatic nitrogens is 1. The van der Waals surface area contributed by atoms with Crippen molar-refractivity contribution in [1.29, 1.82) is 0 Å². The van der Waals surface area contributed by atoms with E-state index in [0.29, 0.717) is 17.3 Å². The van der Waals surface area contributed by atoms with Gasteiger partial charge < -0.3 is 15.4 Å². The van der Waals surface area contributed by atoms with Crippen LogP contribution in [0.4, 0.5) is 0 Å². The number of nitrogens with two attached hydrogens (primary N) is 1. The summed E-state index contributed by atoms with van der Waals surface area (Å²) in [6, 6.07) is 6.23. The Labute approximate surface area is 104 Å². The zero-order valence-corrected chi connectivity index (χ0v) is 10.1. The number of benzene rings is 1. The van der Waals surface area contributed by atoms with Gasteiger partial charge in [-0.1, -0.05) is 11.6 Å². The summed E-state index contributed by atoms with van der Waals surface area (Å²) in [7, 11) is 0. The number of carboxylic acid groups (broad SMARTS) is 1. The van der Waals surface area contributed by atoms with Crippen LogP contribution in [0.5, 0.6) is 0 Å². The average molecular weight is 253 g/mol. The molecule has 1 heterocycles. The quantitative estimate of drug-likeness (QED) is 0.881. The van der Waals surface area contributed by atoms with E-state index >= 15 is 0 Å². The molecule has 1 aromatic carbocycles. The molecule has 0 fully saturated rings. The number of rotatable bonds is 3. The Hall–Kier alpha value is -1.52. The molecule has 17 heavy (non-hydrogen) atoms. The smallest absolute Gasteiger partial charge is 0.326 e. The first kappa shape index (κ1) is 12.0. The SMILES string of the molecule is CCn1c(C(N)C(=O)O)cc2cc(Cl)ccc21. The molecule has 90 valence electrons. The molecule has 2 rings (SSSR count). The number of carboxylic acids is 1. The Morgan fingerprint density at radius 1 is 1.53 bits per heavy atom. The molecule has 1 aromatic heterocycles. The van der Waals surface area contributed by atoms with Crippen LogP contribution in [0.1, 0.15) is 18.7 Å². The van der Waals surface area contributed by atoms with E-state index in [1.807, 2.05) is 17.6 Å². The molecule has 4 nitrogen and oxygen atoms in total. The van der Waals surface area contributed by atoms with Gasteiger partial charge in [-0.2, -0.15) is 0 Å². The van der Waals surface area contributed by atoms with Crippen LogP contribution in [0.15, 0.2) is 24.3 Å². The number of fused-ring (bicyclic) bond motifs is 1. The van der Waals surface area contributed by atoms with Crippen LogP contribution in [0.2, 0.25) is 5.02 Å². The topological polar surface area (TPSA) is 68.2 Å². The third-order valence-electron chi connectivity index (χ3n) is 2.80. The average Bonchev–Trinajstić information content (AvgIpc) is 2.64. The number of aliphatic carboxylic acids is 1. The van der Waals surface area contributed by atoms with E-state index in [9.17, 15) is 4.79 Å². The lowest BCUT2D eigenvalue weighted by Crippen LogP contribution is -2.23. The van der Waals surface area contributed by atoms with Crippen molar-refractivity contribution >= 4 is 28.5 Å². The minimum absolute atomic E-state index is 0.595. The maximum atomic E-state index is 10.9. The lowest BCUT2D eigenvalue weighted by Gasteiger charge is -2.11. The Morgan fingerprint density at radius 2 is 2.24 bits per heavy atom. The number of aryl methyl sites for hydroxylation is 1. The molecule has 1 atom stereocenters. The third kappa shape index (κ3) is 2.01. The van der Waals surface area contributed by atoms with Gasteiger partial charge in [0.05, 0.1) is 0 Å². The van der Waals surface area contributed by atoms with Crippen molar-refractivity contribution in [1.82, 2.24) is 4.57 Å². The first-order valence-electron chi connectivity index (χ1n) is 5.31. The lowest BCUT2D eigenvalue weighted by atomic mass is 10.2. The highest BCUT2D eigenvalue weighted by Crippen LogP contribution is 2.26. The highest BCUT2D eigenvalue weighted by molar-refractivity contribution is 6.31. The van der Waals surface area contributed by atoms with E-state index in [4.69, 9.17) is 22.4 Å². The van der Waals surface area contributed by atoms with Gasteiger partial charge in [-0.05, 0) is 31.2 Å². The van der Waals surface area contributed by atoms with E-state index in [-0.39, 0.29) is 0 Å². The van der Waals surface area contributed by atoms with Gasteiger partial charge in [0.25, 0.3) is 0 Å². The molecule has 0 saturated carbocycles. The van der Waals surface area contributed by atoms with E-state index in [1.165, 1.54) is 0 Å². The van der Waals surface area contributed by atoms with Crippen LogP contribution >= 0.6 is 11.6 Å². The standard InChI is InChI=1S/C12H13ClN2O2/c1-2-15-9-4-3-8(13)5-7(9)6-10(15)11(14)12(16)17/h3-6,11H,2,14H2,1H3,(H,16,17). The zero-order chi connectivity index (χ0) is 12.6. The third-order valence-corrected chi connectivity index (χ3v) is 3.03. The Balaban J connectivity index is 2.67. The van der Waals surface area contributed by atoms with E-state index in [1.54, 1.807) is 18.2 Å². The van der Waals surface area contributed by atoms with E-state index < -0.39 is 12.0 Å². The van der Waals surface area contributed by atoms with Gasteiger partial charge in [-0.3, -0.25) is 4.79 Å². The molecule has 1 unspecified atom stereocenters. The molecule has 2 aromatic rings. The Kier molecular flexibility index (Phi) is 3.09. The first-order valence-corrected chi connectivity index (χ1v) is 5.69. The highest BCUT2D eigenvalue weighted by Gasteiger charge is 2.20. The predicted molar refractivity (Wildman–Crippen MR) is 67.2 cm³/mol. The molecule has 0 aliphatic rings. The molecule has 3 N–H and O–H groups in total. The fourth-order valence-electron chi connectivity index (χ4n) is 2.00. The molecule has 5 heteroatoms. The normalized spacial score (nSPS) is 12.9. The van der Waals surface area contributed by atoms with Crippen LogP contribution in [0.3, 0.4) is 0 Å². The molecular formula is C12H13ClN2O2. The maximum Gasteiger partial charge on any atom is 0.326 e. The van der Waals surface area contributed by atoms with Crippen molar-refractivity contribution in [3.8, 4) is 0 Å². The van der Waals surface area contributed by atoms with Crippen molar-refractivity contribution in [2.75, 3.05) is 0 Å². The van der Waals surface area contributed by atoms with Gasteiger partial charge in [0.1, 0.15) is 6.04 Å². The van der Waals surface area contributed by atoms with Crippen LogP contribution < -0.4 is 5.73 Å².